The molecule has 1 aromatic rings. The lowest BCUT2D eigenvalue weighted by Gasteiger charge is -2.18. The summed E-state index contributed by atoms with van der Waals surface area (Å²) in [4.78, 5) is 1.99. The van der Waals surface area contributed by atoms with Gasteiger partial charge in [0.25, 0.3) is 0 Å². The molecule has 0 aliphatic rings. The first-order valence-electron chi connectivity index (χ1n) is 4.92. The van der Waals surface area contributed by atoms with Gasteiger partial charge in [0.1, 0.15) is 5.82 Å². The highest BCUT2D eigenvalue weighted by Gasteiger charge is 2.25. The van der Waals surface area contributed by atoms with Crippen molar-refractivity contribution in [3.8, 4) is 0 Å². The van der Waals surface area contributed by atoms with Gasteiger partial charge in [0.05, 0.1) is 0 Å². The Morgan fingerprint density at radius 2 is 1.50 bits per heavy atom. The van der Waals surface area contributed by atoms with E-state index in [-0.39, 0.29) is 16.6 Å². The van der Waals surface area contributed by atoms with E-state index in [9.17, 15) is 4.39 Å². The molecule has 1 rings (SSSR count). The standard InChI is InChI=1S/C12H19FS/c1-11(2,3)9-7-8(13)10(14-9)12(4,5)6/h7H,1-6H3. The van der Waals surface area contributed by atoms with Gasteiger partial charge >= 0.3 is 0 Å². The van der Waals surface area contributed by atoms with Gasteiger partial charge in [0, 0.05) is 9.75 Å². The molecule has 0 aliphatic carbocycles. The number of hydrogen-bond donors (Lipinski definition) is 0. The maximum absolute atomic E-state index is 13.6. The van der Waals surface area contributed by atoms with Crippen LogP contribution in [0.4, 0.5) is 4.39 Å². The summed E-state index contributed by atoms with van der Waals surface area (Å²) in [5.74, 6) is -0.0487. The van der Waals surface area contributed by atoms with E-state index in [1.165, 1.54) is 0 Å². The lowest BCUT2D eigenvalue weighted by Crippen LogP contribution is -2.10. The number of rotatable bonds is 0. The van der Waals surface area contributed by atoms with Gasteiger partial charge in [0.15, 0.2) is 0 Å². The Bertz CT molecular complexity index is 323. The minimum absolute atomic E-state index is 0.0487. The van der Waals surface area contributed by atoms with Gasteiger partial charge < -0.3 is 0 Å². The van der Waals surface area contributed by atoms with Crippen LogP contribution in [-0.2, 0) is 10.8 Å². The van der Waals surface area contributed by atoms with E-state index in [2.05, 4.69) is 20.8 Å². The maximum atomic E-state index is 13.6. The molecule has 14 heavy (non-hydrogen) atoms. The molecule has 0 saturated heterocycles. The zero-order chi connectivity index (χ0) is 11.1. The van der Waals surface area contributed by atoms with E-state index in [1.54, 1.807) is 17.4 Å². The predicted octanol–water partition coefficient (Wildman–Crippen LogP) is 4.48. The van der Waals surface area contributed by atoms with Gasteiger partial charge in [0.2, 0.25) is 0 Å². The minimum Gasteiger partial charge on any atom is -0.206 e. The van der Waals surface area contributed by atoms with Crippen molar-refractivity contribution in [2.45, 2.75) is 52.4 Å². The van der Waals surface area contributed by atoms with Crippen molar-refractivity contribution < 1.29 is 4.39 Å². The largest absolute Gasteiger partial charge is 0.206 e. The monoisotopic (exact) mass is 214 g/mol. The molecule has 0 amide bonds. The first kappa shape index (κ1) is 11.7. The van der Waals surface area contributed by atoms with Crippen molar-refractivity contribution in [1.29, 1.82) is 0 Å². The highest BCUT2D eigenvalue weighted by molar-refractivity contribution is 7.12. The van der Waals surface area contributed by atoms with Crippen molar-refractivity contribution in [2.24, 2.45) is 0 Å². The molecule has 0 aliphatic heterocycles. The van der Waals surface area contributed by atoms with Gasteiger partial charge in [-0.2, -0.15) is 0 Å². The van der Waals surface area contributed by atoms with Crippen LogP contribution in [0.25, 0.3) is 0 Å². The Morgan fingerprint density at radius 1 is 1.00 bits per heavy atom. The summed E-state index contributed by atoms with van der Waals surface area (Å²) >= 11 is 1.60. The van der Waals surface area contributed by atoms with Crippen LogP contribution in [0.15, 0.2) is 6.07 Å². The summed E-state index contributed by atoms with van der Waals surface area (Å²) in [5.41, 5.74) is -0.0345. The van der Waals surface area contributed by atoms with Crippen molar-refractivity contribution in [1.82, 2.24) is 0 Å². The van der Waals surface area contributed by atoms with E-state index < -0.39 is 0 Å². The first-order chi connectivity index (χ1) is 6.12. The summed E-state index contributed by atoms with van der Waals surface area (Å²) < 4.78 is 13.6. The van der Waals surface area contributed by atoms with Gasteiger partial charge in [-0.05, 0) is 16.9 Å². The molecule has 0 radical (unpaired) electrons. The van der Waals surface area contributed by atoms with Crippen LogP contribution in [0, 0.1) is 5.82 Å². The van der Waals surface area contributed by atoms with Crippen molar-refractivity contribution >= 4 is 11.3 Å². The quantitative estimate of drug-likeness (QED) is 0.597. The summed E-state index contributed by atoms with van der Waals surface area (Å²) in [6.45, 7) is 12.5. The smallest absolute Gasteiger partial charge is 0.137 e. The average Bonchev–Trinajstić information content (AvgIpc) is 2.27. The van der Waals surface area contributed by atoms with E-state index in [0.717, 1.165) is 9.75 Å². The van der Waals surface area contributed by atoms with Gasteiger partial charge in [-0.1, -0.05) is 41.5 Å². The average molecular weight is 214 g/mol. The minimum atomic E-state index is -0.0851. The van der Waals surface area contributed by atoms with Crippen LogP contribution in [0.2, 0.25) is 0 Å². The second-order valence-corrected chi connectivity index (χ2v) is 6.84. The molecule has 0 unspecified atom stereocenters. The lowest BCUT2D eigenvalue weighted by atomic mass is 9.92. The second-order valence-electron chi connectivity index (χ2n) is 5.79. The molecule has 0 spiro atoms. The van der Waals surface area contributed by atoms with Gasteiger partial charge in [-0.25, -0.2) is 4.39 Å². The third-order valence-corrected chi connectivity index (χ3v) is 4.07. The Hall–Kier alpha value is -0.370. The molecule has 0 aromatic carbocycles. The Labute approximate surface area is 90.2 Å². The van der Waals surface area contributed by atoms with Crippen molar-refractivity contribution in [3.05, 3.63) is 21.6 Å². The molecule has 0 saturated carbocycles. The molecule has 0 fully saturated rings. The third kappa shape index (κ3) is 2.35. The third-order valence-electron chi connectivity index (χ3n) is 2.11. The fraction of sp³-hybridized carbons (Fsp3) is 0.667. The predicted molar refractivity (Wildman–Crippen MR) is 61.7 cm³/mol. The van der Waals surface area contributed by atoms with E-state index in [1.807, 2.05) is 20.8 Å². The highest BCUT2D eigenvalue weighted by Crippen LogP contribution is 2.37. The summed E-state index contributed by atoms with van der Waals surface area (Å²) in [6.07, 6.45) is 0. The van der Waals surface area contributed by atoms with Crippen LogP contribution in [0.1, 0.15) is 51.3 Å². The lowest BCUT2D eigenvalue weighted by molar-refractivity contribution is 0.536. The van der Waals surface area contributed by atoms with Crippen LogP contribution in [0.3, 0.4) is 0 Å². The fourth-order valence-corrected chi connectivity index (χ4v) is 2.40. The first-order valence-corrected chi connectivity index (χ1v) is 5.74. The van der Waals surface area contributed by atoms with Crippen LogP contribution in [-0.4, -0.2) is 0 Å². The zero-order valence-electron chi connectivity index (χ0n) is 9.86. The summed E-state index contributed by atoms with van der Waals surface area (Å²) in [5, 5.41) is 0. The van der Waals surface area contributed by atoms with Crippen LogP contribution >= 0.6 is 11.3 Å². The second kappa shape index (κ2) is 3.34. The fourth-order valence-electron chi connectivity index (χ4n) is 1.25. The molecular weight excluding hydrogens is 195 g/mol. The van der Waals surface area contributed by atoms with E-state index in [4.69, 9.17) is 0 Å². The Kier molecular flexibility index (Phi) is 2.79. The Balaban J connectivity index is 3.19. The molecule has 0 bridgehead atoms. The molecule has 1 heterocycles. The van der Waals surface area contributed by atoms with Crippen LogP contribution < -0.4 is 0 Å². The number of hydrogen-bond acceptors (Lipinski definition) is 1. The van der Waals surface area contributed by atoms with Crippen molar-refractivity contribution in [3.63, 3.8) is 0 Å². The molecule has 0 nitrogen and oxygen atoms in total. The van der Waals surface area contributed by atoms with E-state index >= 15 is 0 Å². The normalized spacial score (nSPS) is 13.4. The van der Waals surface area contributed by atoms with Crippen LogP contribution in [0.5, 0.6) is 0 Å². The van der Waals surface area contributed by atoms with Gasteiger partial charge in [-0.3, -0.25) is 0 Å². The highest BCUT2D eigenvalue weighted by atomic mass is 32.1. The summed E-state index contributed by atoms with van der Waals surface area (Å²) in [6, 6.07) is 1.69. The molecule has 80 valence electrons. The topological polar surface area (TPSA) is 0 Å². The van der Waals surface area contributed by atoms with Gasteiger partial charge in [-0.15, -0.1) is 11.3 Å². The maximum Gasteiger partial charge on any atom is 0.137 e. The molecule has 1 aromatic heterocycles. The molecule has 0 atom stereocenters. The number of thiophene rings is 1. The van der Waals surface area contributed by atoms with E-state index in [0.29, 0.717) is 0 Å². The molecule has 0 N–H and O–H groups in total. The molecule has 2 heteroatoms. The molecular formula is C12H19FS. The summed E-state index contributed by atoms with van der Waals surface area (Å²) in [7, 11) is 0. The number of halogens is 1. The Morgan fingerprint density at radius 3 is 1.71 bits per heavy atom. The SMILES string of the molecule is CC(C)(C)c1cc(F)c(C(C)(C)C)s1. The van der Waals surface area contributed by atoms with Crippen molar-refractivity contribution in [2.75, 3.05) is 0 Å². The zero-order valence-corrected chi connectivity index (χ0v) is 10.7.